The van der Waals surface area contributed by atoms with Crippen LogP contribution in [-0.2, 0) is 10.0 Å². The van der Waals surface area contributed by atoms with E-state index in [0.717, 1.165) is 23.0 Å². The zero-order valence-corrected chi connectivity index (χ0v) is 21.0. The number of alkyl halides is 3. The van der Waals surface area contributed by atoms with Gasteiger partial charge < -0.3 is 9.84 Å². The van der Waals surface area contributed by atoms with Crippen molar-refractivity contribution in [3.05, 3.63) is 58.7 Å². The normalized spacial score (nSPS) is 18.4. The van der Waals surface area contributed by atoms with E-state index >= 15 is 0 Å². The largest absolute Gasteiger partial charge is 0.495 e. The molecule has 1 aliphatic carbocycles. The molecule has 0 saturated heterocycles. The predicted molar refractivity (Wildman–Crippen MR) is 129 cm³/mol. The maximum Gasteiger partial charge on any atom is 0.391 e. The molecule has 37 heavy (non-hydrogen) atoms. The first-order chi connectivity index (χ1) is 17.4. The fourth-order valence-corrected chi connectivity index (χ4v) is 6.49. The van der Waals surface area contributed by atoms with Crippen molar-refractivity contribution < 1.29 is 40.6 Å². The number of aromatic nitrogens is 1. The van der Waals surface area contributed by atoms with Crippen LogP contribution in [0.15, 0.2) is 46.8 Å². The molecule has 1 aromatic heterocycles. The van der Waals surface area contributed by atoms with Crippen molar-refractivity contribution in [3.8, 4) is 16.3 Å². The number of nitrogens with zero attached hydrogens (tertiary/aromatic N) is 1. The van der Waals surface area contributed by atoms with E-state index in [0.29, 0.717) is 29.5 Å². The summed E-state index contributed by atoms with van der Waals surface area (Å²) in [7, 11) is -3.08. The Bertz CT molecular complexity index is 1400. The van der Waals surface area contributed by atoms with Crippen molar-refractivity contribution in [2.75, 3.05) is 11.8 Å². The number of ether oxygens (including phenoxy) is 1. The van der Waals surface area contributed by atoms with Crippen LogP contribution in [0.1, 0.15) is 47.5 Å². The average Bonchev–Trinajstić information content (AvgIpc) is 3.35. The van der Waals surface area contributed by atoms with Crippen LogP contribution in [0, 0.1) is 11.7 Å². The van der Waals surface area contributed by atoms with Gasteiger partial charge in [0, 0.05) is 17.0 Å². The van der Waals surface area contributed by atoms with Gasteiger partial charge in [-0.2, -0.15) is 21.6 Å². The molecule has 1 aliphatic rings. The molecule has 7 nitrogen and oxygen atoms in total. The van der Waals surface area contributed by atoms with Gasteiger partial charge in [0.2, 0.25) is 0 Å². The molecule has 0 amide bonds. The number of carbonyl (C=O) groups is 1. The third-order valence-electron chi connectivity index (χ3n) is 6.34. The van der Waals surface area contributed by atoms with Gasteiger partial charge in [-0.1, -0.05) is 24.3 Å². The number of aromatic carboxylic acids is 1. The third-order valence-corrected chi connectivity index (χ3v) is 8.63. The van der Waals surface area contributed by atoms with Gasteiger partial charge in [0.1, 0.15) is 16.6 Å². The first-order valence-electron chi connectivity index (χ1n) is 11.1. The van der Waals surface area contributed by atoms with E-state index in [1.54, 1.807) is 12.1 Å². The summed E-state index contributed by atoms with van der Waals surface area (Å²) in [5.74, 6) is -4.07. The standard InChI is InChI=1S/C24H22F4N2O5S2/c1-35-20-10-17(23(31)32)18(25)11-19(20)30-37(33,34)21-12-36-22(29-21)15-4-2-13(3-5-15)14-6-8-16(9-7-14)24(26,27)28/h2-5,10-12,14,16,30H,6-9H2,1H3,(H,31,32). The monoisotopic (exact) mass is 558 g/mol. The zero-order chi connectivity index (χ0) is 27.0. The van der Waals surface area contributed by atoms with Crippen molar-refractivity contribution in [1.82, 2.24) is 4.98 Å². The van der Waals surface area contributed by atoms with Gasteiger partial charge in [-0.25, -0.2) is 14.2 Å². The third kappa shape index (κ3) is 5.87. The topological polar surface area (TPSA) is 106 Å². The van der Waals surface area contributed by atoms with Gasteiger partial charge in [-0.15, -0.1) is 11.3 Å². The molecule has 2 aromatic carbocycles. The van der Waals surface area contributed by atoms with E-state index < -0.39 is 39.5 Å². The summed E-state index contributed by atoms with van der Waals surface area (Å²) < 4.78 is 85.8. The van der Waals surface area contributed by atoms with Gasteiger partial charge >= 0.3 is 12.1 Å². The molecule has 3 aromatic rings. The summed E-state index contributed by atoms with van der Waals surface area (Å²) in [6, 6.07) is 8.72. The number of nitrogens with one attached hydrogen (secondary N) is 1. The number of thiazole rings is 1. The Morgan fingerprint density at radius 1 is 1.14 bits per heavy atom. The maximum absolute atomic E-state index is 14.1. The van der Waals surface area contributed by atoms with Gasteiger partial charge in [0.25, 0.3) is 10.0 Å². The summed E-state index contributed by atoms with van der Waals surface area (Å²) in [5, 5.41) is 10.4. The van der Waals surface area contributed by atoms with Crippen molar-refractivity contribution in [2.45, 2.75) is 42.8 Å². The van der Waals surface area contributed by atoms with Gasteiger partial charge in [0.05, 0.1) is 24.3 Å². The van der Waals surface area contributed by atoms with Crippen molar-refractivity contribution in [1.29, 1.82) is 0 Å². The Morgan fingerprint density at radius 3 is 2.35 bits per heavy atom. The molecule has 0 bridgehead atoms. The van der Waals surface area contributed by atoms with Crippen LogP contribution in [0.5, 0.6) is 5.75 Å². The number of halogens is 4. The van der Waals surface area contributed by atoms with Crippen LogP contribution >= 0.6 is 11.3 Å². The second-order valence-corrected chi connectivity index (χ2v) is 11.1. The highest BCUT2D eigenvalue weighted by Gasteiger charge is 2.41. The van der Waals surface area contributed by atoms with Crippen LogP contribution in [-0.4, -0.2) is 37.8 Å². The van der Waals surface area contributed by atoms with Crippen LogP contribution in [0.2, 0.25) is 0 Å². The lowest BCUT2D eigenvalue weighted by Crippen LogP contribution is -2.27. The number of benzene rings is 2. The number of carboxylic acids is 1. The van der Waals surface area contributed by atoms with Gasteiger partial charge in [-0.3, -0.25) is 4.72 Å². The average molecular weight is 559 g/mol. The quantitative estimate of drug-likeness (QED) is 0.330. The van der Waals surface area contributed by atoms with Crippen molar-refractivity contribution in [3.63, 3.8) is 0 Å². The molecular formula is C24H22F4N2O5S2. The molecule has 198 valence electrons. The summed E-state index contributed by atoms with van der Waals surface area (Å²) in [5.41, 5.74) is 0.597. The highest BCUT2D eigenvalue weighted by Crippen LogP contribution is 2.43. The number of hydrogen-bond donors (Lipinski definition) is 2. The van der Waals surface area contributed by atoms with Crippen molar-refractivity contribution >= 4 is 33.0 Å². The Hall–Kier alpha value is -3.19. The Kier molecular flexibility index (Phi) is 7.47. The van der Waals surface area contributed by atoms with Gasteiger partial charge in [0.15, 0.2) is 5.03 Å². The highest BCUT2D eigenvalue weighted by molar-refractivity contribution is 7.92. The van der Waals surface area contributed by atoms with Gasteiger partial charge in [-0.05, 0) is 43.2 Å². The first kappa shape index (κ1) is 26.9. The lowest BCUT2D eigenvalue weighted by molar-refractivity contribution is -0.182. The number of carboxylic acid groups (broad SMARTS) is 1. The lowest BCUT2D eigenvalue weighted by Gasteiger charge is -2.30. The maximum atomic E-state index is 14.1. The van der Waals surface area contributed by atoms with Crippen LogP contribution in [0.4, 0.5) is 23.2 Å². The number of methoxy groups -OCH3 is 1. The first-order valence-corrected chi connectivity index (χ1v) is 13.5. The van der Waals surface area contributed by atoms with E-state index in [2.05, 4.69) is 9.71 Å². The van der Waals surface area contributed by atoms with E-state index in [4.69, 9.17) is 9.84 Å². The van der Waals surface area contributed by atoms with Crippen molar-refractivity contribution in [2.24, 2.45) is 5.92 Å². The second kappa shape index (κ2) is 10.3. The SMILES string of the molecule is COc1cc(C(=O)O)c(F)cc1NS(=O)(=O)c1csc(-c2ccc(C3CCC(C(F)(F)F)CC3)cc2)n1. The van der Waals surface area contributed by atoms with E-state index in [-0.39, 0.29) is 35.2 Å². The zero-order valence-electron chi connectivity index (χ0n) is 19.4. The summed E-state index contributed by atoms with van der Waals surface area (Å²) in [6.45, 7) is 0. The molecule has 0 atom stereocenters. The van der Waals surface area contributed by atoms with E-state index in [9.17, 15) is 30.8 Å². The molecule has 1 heterocycles. The molecule has 0 spiro atoms. The second-order valence-electron chi connectivity index (χ2n) is 8.65. The van der Waals surface area contributed by atoms with Crippen LogP contribution in [0.3, 0.4) is 0 Å². The number of rotatable bonds is 7. The summed E-state index contributed by atoms with van der Waals surface area (Å²) >= 11 is 1.07. The fraction of sp³-hybridized carbons (Fsp3) is 0.333. The Morgan fingerprint density at radius 2 is 1.78 bits per heavy atom. The lowest BCUT2D eigenvalue weighted by atomic mass is 9.78. The summed E-state index contributed by atoms with van der Waals surface area (Å²) in [4.78, 5) is 15.3. The molecule has 1 fully saturated rings. The minimum Gasteiger partial charge on any atom is -0.495 e. The van der Waals surface area contributed by atoms with Crippen LogP contribution < -0.4 is 9.46 Å². The molecule has 1 saturated carbocycles. The number of sulfonamides is 1. The minimum atomic E-state index is -4.26. The Labute approximate surface area is 214 Å². The smallest absolute Gasteiger partial charge is 0.391 e. The highest BCUT2D eigenvalue weighted by atomic mass is 32.2. The fourth-order valence-electron chi connectivity index (χ4n) is 4.33. The van der Waals surface area contributed by atoms with Crippen LogP contribution in [0.25, 0.3) is 10.6 Å². The Balaban J connectivity index is 1.49. The molecule has 4 rings (SSSR count). The molecule has 2 N–H and O–H groups in total. The molecule has 0 radical (unpaired) electrons. The number of hydrogen-bond acceptors (Lipinski definition) is 6. The molecular weight excluding hydrogens is 536 g/mol. The molecule has 0 unspecified atom stereocenters. The van der Waals surface area contributed by atoms with E-state index in [1.165, 1.54) is 12.5 Å². The number of anilines is 1. The van der Waals surface area contributed by atoms with E-state index in [1.807, 2.05) is 12.1 Å². The molecule has 13 heteroatoms. The molecule has 0 aliphatic heterocycles. The minimum absolute atomic E-state index is 0.0342. The predicted octanol–water partition coefficient (Wildman–Crippen LogP) is 6.29. The summed E-state index contributed by atoms with van der Waals surface area (Å²) in [6.07, 6.45) is -3.05.